The number of halogens is 2. The molecule has 6 nitrogen and oxygen atoms in total. The van der Waals surface area contributed by atoms with Gasteiger partial charge in [0.15, 0.2) is 0 Å². The molecule has 1 aromatic rings. The topological polar surface area (TPSA) is 87.3 Å². The van der Waals surface area contributed by atoms with Gasteiger partial charge in [0.2, 0.25) is 5.91 Å². The largest absolute Gasteiger partial charge is 0.349 e. The monoisotopic (exact) mass is 393 g/mol. The van der Waals surface area contributed by atoms with Crippen molar-refractivity contribution in [2.45, 2.75) is 50.1 Å². The highest BCUT2D eigenvalue weighted by Gasteiger charge is 2.57. The summed E-state index contributed by atoms with van der Waals surface area (Å²) in [6.45, 7) is 0. The lowest BCUT2D eigenvalue weighted by molar-refractivity contribution is -0.137. The predicted molar refractivity (Wildman–Crippen MR) is 96.4 cm³/mol. The zero-order chi connectivity index (χ0) is 19.2. The first-order valence-electron chi connectivity index (χ1n) is 9.27. The van der Waals surface area contributed by atoms with Gasteiger partial charge in [-0.25, -0.2) is 9.18 Å². The van der Waals surface area contributed by atoms with Gasteiger partial charge in [-0.2, -0.15) is 0 Å². The van der Waals surface area contributed by atoms with E-state index in [-0.39, 0.29) is 41.5 Å². The van der Waals surface area contributed by atoms with Gasteiger partial charge in [0.05, 0.1) is 11.1 Å². The summed E-state index contributed by atoms with van der Waals surface area (Å²) in [5.74, 6) is -1.33. The molecule has 2 saturated carbocycles. The fourth-order valence-electron chi connectivity index (χ4n) is 4.55. The molecule has 2 aliphatic carbocycles. The van der Waals surface area contributed by atoms with Crippen LogP contribution in [0.15, 0.2) is 18.2 Å². The van der Waals surface area contributed by atoms with E-state index < -0.39 is 23.4 Å². The van der Waals surface area contributed by atoms with Crippen LogP contribution in [0.4, 0.5) is 9.18 Å². The van der Waals surface area contributed by atoms with E-state index in [1.54, 1.807) is 12.1 Å². The van der Waals surface area contributed by atoms with Gasteiger partial charge in [0.1, 0.15) is 11.4 Å². The van der Waals surface area contributed by atoms with Gasteiger partial charge in [0, 0.05) is 11.5 Å². The molecule has 3 aliphatic rings. The van der Waals surface area contributed by atoms with Crippen LogP contribution >= 0.6 is 11.6 Å². The van der Waals surface area contributed by atoms with Crippen LogP contribution in [0.1, 0.15) is 50.1 Å². The summed E-state index contributed by atoms with van der Waals surface area (Å²) in [6, 6.07) is 3.87. The summed E-state index contributed by atoms with van der Waals surface area (Å²) in [5, 5.41) is 7.85. The van der Waals surface area contributed by atoms with E-state index in [0.29, 0.717) is 5.56 Å². The number of hydrogen-bond acceptors (Lipinski definition) is 3. The minimum atomic E-state index is -0.969. The maximum absolute atomic E-state index is 14.6. The molecule has 144 valence electrons. The molecule has 1 aliphatic heterocycles. The molecule has 8 heteroatoms. The Balaban J connectivity index is 1.49. The predicted octanol–water partition coefficient (Wildman–Crippen LogP) is 2.81. The summed E-state index contributed by atoms with van der Waals surface area (Å²) >= 11 is 5.94. The first-order chi connectivity index (χ1) is 12.9. The van der Waals surface area contributed by atoms with E-state index in [0.717, 1.165) is 25.7 Å². The molecule has 4 rings (SSSR count). The molecular formula is C19H21ClFN3O3. The fraction of sp³-hybridized carbons (Fsp3) is 0.526. The van der Waals surface area contributed by atoms with Crippen molar-refractivity contribution in [3.05, 3.63) is 34.6 Å². The molecule has 1 saturated heterocycles. The van der Waals surface area contributed by atoms with Crippen LogP contribution in [0.2, 0.25) is 5.02 Å². The first kappa shape index (κ1) is 18.2. The lowest BCUT2D eigenvalue weighted by atomic mass is 9.67. The van der Waals surface area contributed by atoms with Crippen molar-refractivity contribution in [2.24, 2.45) is 11.8 Å². The number of imide groups is 1. The quantitative estimate of drug-likeness (QED) is 0.687. The highest BCUT2D eigenvalue weighted by molar-refractivity contribution is 6.30. The van der Waals surface area contributed by atoms with Crippen molar-refractivity contribution in [3.8, 4) is 0 Å². The SMILES string of the molecule is O=C1NC(=O)C2(CC(C(=O)NC(c3cccc(Cl)c3F)C3CCCC3)C2)N1. The van der Waals surface area contributed by atoms with Gasteiger partial charge in [0.25, 0.3) is 5.91 Å². The second-order valence-electron chi connectivity index (χ2n) is 7.77. The third-order valence-corrected chi connectivity index (χ3v) is 6.35. The van der Waals surface area contributed by atoms with Gasteiger partial charge < -0.3 is 10.6 Å². The third-order valence-electron chi connectivity index (χ3n) is 6.06. The van der Waals surface area contributed by atoms with Crippen LogP contribution < -0.4 is 16.0 Å². The summed E-state index contributed by atoms with van der Waals surface area (Å²) in [7, 11) is 0. The number of carbonyl (C=O) groups is 3. The van der Waals surface area contributed by atoms with Gasteiger partial charge >= 0.3 is 6.03 Å². The molecule has 3 N–H and O–H groups in total. The number of benzene rings is 1. The van der Waals surface area contributed by atoms with Gasteiger partial charge in [-0.15, -0.1) is 0 Å². The second-order valence-corrected chi connectivity index (χ2v) is 8.18. The normalized spacial score (nSPS) is 28.6. The zero-order valence-electron chi connectivity index (χ0n) is 14.7. The van der Waals surface area contributed by atoms with E-state index in [4.69, 9.17) is 11.6 Å². The van der Waals surface area contributed by atoms with Crippen molar-refractivity contribution in [1.29, 1.82) is 0 Å². The van der Waals surface area contributed by atoms with E-state index >= 15 is 0 Å². The maximum atomic E-state index is 14.6. The average molecular weight is 394 g/mol. The second kappa shape index (κ2) is 6.78. The first-order valence-corrected chi connectivity index (χ1v) is 9.65. The van der Waals surface area contributed by atoms with Crippen LogP contribution in [0.5, 0.6) is 0 Å². The lowest BCUT2D eigenvalue weighted by Crippen LogP contribution is -2.60. The molecule has 1 atom stereocenters. The standard InChI is InChI=1S/C19H21ClFN3O3/c20-13-7-3-6-12(14(13)21)15(10-4-1-2-5-10)22-16(25)11-8-19(9-11)17(26)23-18(27)24-19/h3,6-7,10-11,15H,1-2,4-5,8-9H2,(H,22,25)(H2,23,24,26,27). The van der Waals surface area contributed by atoms with Crippen LogP contribution in [0.25, 0.3) is 0 Å². The highest BCUT2D eigenvalue weighted by atomic mass is 35.5. The Morgan fingerprint density at radius 2 is 1.96 bits per heavy atom. The summed E-state index contributed by atoms with van der Waals surface area (Å²) in [5.41, 5.74) is -0.563. The van der Waals surface area contributed by atoms with Gasteiger partial charge in [-0.1, -0.05) is 36.6 Å². The van der Waals surface area contributed by atoms with Gasteiger partial charge in [-0.05, 0) is 37.7 Å². The van der Waals surface area contributed by atoms with Gasteiger partial charge in [-0.3, -0.25) is 14.9 Å². The van der Waals surface area contributed by atoms with Crippen LogP contribution in [-0.4, -0.2) is 23.4 Å². The van der Waals surface area contributed by atoms with E-state index in [1.165, 1.54) is 6.07 Å². The van der Waals surface area contributed by atoms with Crippen molar-refractivity contribution >= 4 is 29.4 Å². The highest BCUT2D eigenvalue weighted by Crippen LogP contribution is 2.42. The molecule has 1 aromatic carbocycles. The zero-order valence-corrected chi connectivity index (χ0v) is 15.4. The molecular weight excluding hydrogens is 373 g/mol. The number of urea groups is 1. The smallest absolute Gasteiger partial charge is 0.322 e. The molecule has 4 amide bonds. The van der Waals surface area contributed by atoms with E-state index in [1.807, 2.05) is 0 Å². The molecule has 0 aromatic heterocycles. The van der Waals surface area contributed by atoms with Crippen molar-refractivity contribution in [3.63, 3.8) is 0 Å². The summed E-state index contributed by atoms with van der Waals surface area (Å²) in [4.78, 5) is 36.0. The van der Waals surface area contributed by atoms with Crippen molar-refractivity contribution < 1.29 is 18.8 Å². The summed E-state index contributed by atoms with van der Waals surface area (Å²) in [6.07, 6.45) is 4.46. The van der Waals surface area contributed by atoms with Crippen molar-refractivity contribution in [2.75, 3.05) is 0 Å². The Morgan fingerprint density at radius 3 is 2.59 bits per heavy atom. The molecule has 1 heterocycles. The Bertz CT molecular complexity index is 803. The van der Waals surface area contributed by atoms with E-state index in [2.05, 4.69) is 16.0 Å². The minimum Gasteiger partial charge on any atom is -0.349 e. The minimum absolute atomic E-state index is 0.0395. The molecule has 0 bridgehead atoms. The molecule has 1 unspecified atom stereocenters. The van der Waals surface area contributed by atoms with Crippen LogP contribution in [-0.2, 0) is 9.59 Å². The van der Waals surface area contributed by atoms with Crippen LogP contribution in [0.3, 0.4) is 0 Å². The maximum Gasteiger partial charge on any atom is 0.322 e. The Kier molecular flexibility index (Phi) is 4.58. The Morgan fingerprint density at radius 1 is 1.26 bits per heavy atom. The molecule has 3 fully saturated rings. The molecule has 0 radical (unpaired) electrons. The average Bonchev–Trinajstić information content (AvgIpc) is 3.21. The lowest BCUT2D eigenvalue weighted by Gasteiger charge is -2.42. The van der Waals surface area contributed by atoms with E-state index in [9.17, 15) is 18.8 Å². The number of rotatable bonds is 4. The summed E-state index contributed by atoms with van der Waals surface area (Å²) < 4.78 is 14.6. The Hall–Kier alpha value is -2.15. The van der Waals surface area contributed by atoms with Crippen LogP contribution in [0, 0.1) is 17.7 Å². The number of nitrogens with one attached hydrogen (secondary N) is 3. The van der Waals surface area contributed by atoms with Crippen molar-refractivity contribution in [1.82, 2.24) is 16.0 Å². The number of hydrogen-bond donors (Lipinski definition) is 3. The third kappa shape index (κ3) is 3.18. The Labute approximate surface area is 161 Å². The molecule has 1 spiro atoms. The molecule has 27 heavy (non-hydrogen) atoms. The number of carbonyl (C=O) groups excluding carboxylic acids is 3. The number of amides is 4. The fourth-order valence-corrected chi connectivity index (χ4v) is 4.74.